The van der Waals surface area contributed by atoms with Gasteiger partial charge in [0.25, 0.3) is 5.91 Å². The molecule has 0 bridgehead atoms. The molecule has 0 fully saturated rings. The van der Waals surface area contributed by atoms with Gasteiger partial charge in [-0.15, -0.1) is 11.3 Å². The first-order valence-corrected chi connectivity index (χ1v) is 7.45. The first-order valence-electron chi connectivity index (χ1n) is 6.64. The van der Waals surface area contributed by atoms with Crippen molar-refractivity contribution in [3.63, 3.8) is 0 Å². The number of amides is 1. The van der Waals surface area contributed by atoms with E-state index in [1.807, 2.05) is 38.1 Å². The first kappa shape index (κ1) is 15.3. The van der Waals surface area contributed by atoms with E-state index in [1.165, 1.54) is 16.9 Å². The van der Waals surface area contributed by atoms with Crippen LogP contribution in [0.1, 0.15) is 31.2 Å². The molecule has 0 aliphatic heterocycles. The van der Waals surface area contributed by atoms with Crippen molar-refractivity contribution >= 4 is 17.2 Å². The van der Waals surface area contributed by atoms with Crippen LogP contribution in [0, 0.1) is 25.7 Å². The third-order valence-corrected chi connectivity index (χ3v) is 4.11. The number of benzene rings is 1. The van der Waals surface area contributed by atoms with Crippen LogP contribution in [-0.4, -0.2) is 17.6 Å². The van der Waals surface area contributed by atoms with Gasteiger partial charge in [0.15, 0.2) is 0 Å². The van der Waals surface area contributed by atoms with E-state index in [2.05, 4.69) is 23.2 Å². The van der Waals surface area contributed by atoms with Gasteiger partial charge in [0.2, 0.25) is 0 Å². The summed E-state index contributed by atoms with van der Waals surface area (Å²) >= 11 is 1.35. The Morgan fingerprint density at radius 1 is 1.33 bits per heavy atom. The van der Waals surface area contributed by atoms with Crippen molar-refractivity contribution < 1.29 is 9.90 Å². The minimum atomic E-state index is -0.174. The van der Waals surface area contributed by atoms with Gasteiger partial charge in [0.05, 0.1) is 9.75 Å². The number of carbonyl (C=O) groups is 1. The van der Waals surface area contributed by atoms with Gasteiger partial charge in [0.1, 0.15) is 6.61 Å². The van der Waals surface area contributed by atoms with Crippen molar-refractivity contribution in [3.8, 4) is 11.8 Å². The summed E-state index contributed by atoms with van der Waals surface area (Å²) in [6.07, 6.45) is 0. The van der Waals surface area contributed by atoms with Gasteiger partial charge in [-0.3, -0.25) is 4.79 Å². The molecular weight excluding hydrogens is 282 g/mol. The van der Waals surface area contributed by atoms with Crippen LogP contribution in [0.15, 0.2) is 30.3 Å². The van der Waals surface area contributed by atoms with E-state index >= 15 is 0 Å². The predicted octanol–water partition coefficient (Wildman–Crippen LogP) is 2.64. The molecule has 0 spiro atoms. The number of aliphatic hydroxyl groups is 1. The Bertz CT molecular complexity index is 707. The van der Waals surface area contributed by atoms with Crippen molar-refractivity contribution in [3.05, 3.63) is 56.8 Å². The lowest BCUT2D eigenvalue weighted by Crippen LogP contribution is -2.21. The van der Waals surface area contributed by atoms with Gasteiger partial charge in [-0.05, 0) is 31.0 Å². The summed E-state index contributed by atoms with van der Waals surface area (Å²) in [4.78, 5) is 13.6. The smallest absolute Gasteiger partial charge is 0.261 e. The van der Waals surface area contributed by atoms with E-state index in [4.69, 9.17) is 5.11 Å². The molecular formula is C17H17NO2S. The number of nitrogens with one attached hydrogen (secondary N) is 1. The van der Waals surface area contributed by atoms with Crippen molar-refractivity contribution in [2.45, 2.75) is 20.4 Å². The molecule has 108 valence electrons. The first-order chi connectivity index (χ1) is 10.1. The summed E-state index contributed by atoms with van der Waals surface area (Å²) in [5.74, 6) is 5.37. The Hall–Kier alpha value is -2.09. The average molecular weight is 299 g/mol. The molecule has 1 aromatic heterocycles. The topological polar surface area (TPSA) is 49.3 Å². The molecule has 1 heterocycles. The highest BCUT2D eigenvalue weighted by Gasteiger charge is 2.11. The van der Waals surface area contributed by atoms with Gasteiger partial charge < -0.3 is 10.4 Å². The molecule has 3 nitrogen and oxygen atoms in total. The number of hydrogen-bond donors (Lipinski definition) is 2. The minimum Gasteiger partial charge on any atom is -0.384 e. The number of carbonyl (C=O) groups excluding carboxylic acids is 1. The second-order valence-corrected chi connectivity index (χ2v) is 5.81. The number of hydrogen-bond acceptors (Lipinski definition) is 3. The van der Waals surface area contributed by atoms with E-state index in [0.29, 0.717) is 11.4 Å². The summed E-state index contributed by atoms with van der Waals surface area (Å²) in [6.45, 7) is 4.27. The second kappa shape index (κ2) is 7.07. The van der Waals surface area contributed by atoms with Gasteiger partial charge in [-0.1, -0.05) is 41.7 Å². The highest BCUT2D eigenvalue weighted by atomic mass is 32.1. The Morgan fingerprint density at radius 3 is 2.86 bits per heavy atom. The Kier molecular flexibility index (Phi) is 5.15. The van der Waals surface area contributed by atoms with Crippen molar-refractivity contribution in [1.82, 2.24) is 5.32 Å². The third kappa shape index (κ3) is 4.19. The van der Waals surface area contributed by atoms with Crippen LogP contribution < -0.4 is 5.32 Å². The van der Waals surface area contributed by atoms with Crippen LogP contribution in [0.3, 0.4) is 0 Å². The number of aliphatic hydroxyl groups excluding tert-OH is 1. The largest absolute Gasteiger partial charge is 0.384 e. The Balaban J connectivity index is 2.04. The summed E-state index contributed by atoms with van der Waals surface area (Å²) in [5.41, 5.74) is 3.22. The zero-order chi connectivity index (χ0) is 15.2. The van der Waals surface area contributed by atoms with E-state index in [9.17, 15) is 4.79 Å². The fourth-order valence-electron chi connectivity index (χ4n) is 1.93. The summed E-state index contributed by atoms with van der Waals surface area (Å²) in [7, 11) is 0. The molecule has 0 aliphatic rings. The van der Waals surface area contributed by atoms with Crippen LogP contribution in [0.5, 0.6) is 0 Å². The van der Waals surface area contributed by atoms with E-state index in [0.717, 1.165) is 16.0 Å². The van der Waals surface area contributed by atoms with E-state index in [1.54, 1.807) is 0 Å². The lowest BCUT2D eigenvalue weighted by Gasteiger charge is -2.04. The van der Waals surface area contributed by atoms with Crippen molar-refractivity contribution in [1.29, 1.82) is 0 Å². The molecule has 0 aliphatic carbocycles. The normalized spacial score (nSPS) is 9.86. The van der Waals surface area contributed by atoms with Crippen LogP contribution in [0.4, 0.5) is 0 Å². The van der Waals surface area contributed by atoms with Gasteiger partial charge >= 0.3 is 0 Å². The fourth-order valence-corrected chi connectivity index (χ4v) is 2.89. The SMILES string of the molecule is Cc1cccc(CNC(=O)c2cc(C)c(C#CCO)s2)c1. The maximum atomic E-state index is 12.1. The molecule has 0 saturated heterocycles. The molecule has 2 N–H and O–H groups in total. The zero-order valence-corrected chi connectivity index (χ0v) is 12.9. The maximum absolute atomic E-state index is 12.1. The van der Waals surface area contributed by atoms with Crippen LogP contribution >= 0.6 is 11.3 Å². The summed E-state index contributed by atoms with van der Waals surface area (Å²) < 4.78 is 0. The predicted molar refractivity (Wildman–Crippen MR) is 85.4 cm³/mol. The molecule has 4 heteroatoms. The standard InChI is InChI=1S/C17H17NO2S/c1-12-5-3-6-14(9-12)11-18-17(20)16-10-13(2)15(21-16)7-4-8-19/h3,5-6,9-10,19H,8,11H2,1-2H3,(H,18,20). The van der Waals surface area contributed by atoms with Crippen molar-refractivity contribution in [2.24, 2.45) is 0 Å². The van der Waals surface area contributed by atoms with Crippen LogP contribution in [0.25, 0.3) is 0 Å². The van der Waals surface area contributed by atoms with Gasteiger partial charge in [-0.25, -0.2) is 0 Å². The highest BCUT2D eigenvalue weighted by Crippen LogP contribution is 2.21. The molecule has 0 unspecified atom stereocenters. The summed E-state index contributed by atoms with van der Waals surface area (Å²) in [6, 6.07) is 9.88. The molecule has 1 aromatic carbocycles. The molecule has 0 atom stereocenters. The third-order valence-electron chi connectivity index (χ3n) is 2.96. The van der Waals surface area contributed by atoms with Crippen molar-refractivity contribution in [2.75, 3.05) is 6.61 Å². The molecule has 0 radical (unpaired) electrons. The van der Waals surface area contributed by atoms with Gasteiger partial charge in [0, 0.05) is 6.54 Å². The molecule has 2 rings (SSSR count). The second-order valence-electron chi connectivity index (χ2n) is 4.75. The minimum absolute atomic E-state index is 0.0957. The number of aryl methyl sites for hydroxylation is 2. The Morgan fingerprint density at radius 2 is 2.14 bits per heavy atom. The quantitative estimate of drug-likeness (QED) is 0.856. The molecule has 21 heavy (non-hydrogen) atoms. The maximum Gasteiger partial charge on any atom is 0.261 e. The fraction of sp³-hybridized carbons (Fsp3) is 0.235. The number of thiophene rings is 1. The lowest BCUT2D eigenvalue weighted by atomic mass is 10.1. The molecule has 0 saturated carbocycles. The lowest BCUT2D eigenvalue weighted by molar-refractivity contribution is 0.0955. The zero-order valence-electron chi connectivity index (χ0n) is 12.1. The average Bonchev–Trinajstić information content (AvgIpc) is 2.84. The van der Waals surface area contributed by atoms with E-state index < -0.39 is 0 Å². The van der Waals surface area contributed by atoms with Crippen LogP contribution in [0.2, 0.25) is 0 Å². The summed E-state index contributed by atoms with van der Waals surface area (Å²) in [5, 5.41) is 11.6. The molecule has 2 aromatic rings. The van der Waals surface area contributed by atoms with Crippen LogP contribution in [-0.2, 0) is 6.54 Å². The Labute approximate surface area is 128 Å². The molecule has 1 amide bonds. The highest BCUT2D eigenvalue weighted by molar-refractivity contribution is 7.14. The van der Waals surface area contributed by atoms with Gasteiger partial charge in [-0.2, -0.15) is 0 Å². The monoisotopic (exact) mass is 299 g/mol. The number of rotatable bonds is 3. The van der Waals surface area contributed by atoms with E-state index in [-0.39, 0.29) is 12.5 Å².